The van der Waals surface area contributed by atoms with Gasteiger partial charge in [0.15, 0.2) is 28.7 Å². The summed E-state index contributed by atoms with van der Waals surface area (Å²) in [5.41, 5.74) is 6.89. The minimum atomic E-state index is -0.254. The molecule has 5 aromatic rings. The van der Waals surface area contributed by atoms with Crippen LogP contribution in [0.25, 0.3) is 5.57 Å². The quantitative estimate of drug-likeness (QED) is 0.205. The Hall–Kier alpha value is -5.62. The number of anilines is 5. The third-order valence-electron chi connectivity index (χ3n) is 8.51. The Morgan fingerprint density at radius 3 is 1.69 bits per heavy atom. The summed E-state index contributed by atoms with van der Waals surface area (Å²) < 4.78 is 26.2. The molecule has 200 valence electrons. The summed E-state index contributed by atoms with van der Waals surface area (Å²) in [6, 6.07) is 36.7. The summed E-state index contributed by atoms with van der Waals surface area (Å²) in [5.74, 6) is 5.60. The summed E-state index contributed by atoms with van der Waals surface area (Å²) in [6.45, 7) is 0. The molecule has 5 aromatic carbocycles. The first-order valence-electron chi connectivity index (χ1n) is 14.1. The van der Waals surface area contributed by atoms with Crippen LogP contribution in [0.5, 0.6) is 34.5 Å². The summed E-state index contributed by atoms with van der Waals surface area (Å²) in [4.78, 5) is 4.58. The van der Waals surface area contributed by atoms with Crippen molar-refractivity contribution in [1.29, 1.82) is 0 Å². The zero-order valence-corrected chi connectivity index (χ0v) is 22.2. The Labute approximate surface area is 241 Å². The van der Waals surface area contributed by atoms with Gasteiger partial charge in [-0.1, -0.05) is 48.5 Å². The molecule has 10 rings (SSSR count). The fourth-order valence-electron chi connectivity index (χ4n) is 6.75. The molecule has 6 nitrogen and oxygen atoms in total. The lowest BCUT2D eigenvalue weighted by Gasteiger charge is -2.47. The van der Waals surface area contributed by atoms with E-state index in [1.54, 1.807) is 0 Å². The molecule has 0 saturated carbocycles. The van der Waals surface area contributed by atoms with Crippen LogP contribution in [0.1, 0.15) is 5.56 Å². The first-order chi connectivity index (χ1) is 20.8. The Kier molecular flexibility index (Phi) is 4.20. The molecule has 6 heteroatoms. The van der Waals surface area contributed by atoms with E-state index in [1.165, 1.54) is 0 Å². The van der Waals surface area contributed by atoms with E-state index in [1.807, 2.05) is 72.8 Å². The molecule has 4 aliphatic heterocycles. The van der Waals surface area contributed by atoms with E-state index in [4.69, 9.17) is 18.9 Å². The highest BCUT2D eigenvalue weighted by atomic mass is 16.5. The predicted octanol–water partition coefficient (Wildman–Crippen LogP) is 9.01. The molecule has 0 fully saturated rings. The van der Waals surface area contributed by atoms with Crippen LogP contribution in [0.2, 0.25) is 0 Å². The lowest BCUT2D eigenvalue weighted by Crippen LogP contribution is -2.51. The van der Waals surface area contributed by atoms with E-state index in [2.05, 4.69) is 58.4 Å². The van der Waals surface area contributed by atoms with Crippen LogP contribution < -0.4 is 28.7 Å². The Balaban J connectivity index is 1.15. The van der Waals surface area contributed by atoms with E-state index in [9.17, 15) is 0 Å². The van der Waals surface area contributed by atoms with Gasteiger partial charge in [0.2, 0.25) is 0 Å². The van der Waals surface area contributed by atoms with Gasteiger partial charge in [-0.15, -0.1) is 0 Å². The fraction of sp³-hybridized carbons (Fsp3) is 0.0556. The summed E-state index contributed by atoms with van der Waals surface area (Å²) >= 11 is 0. The van der Waals surface area contributed by atoms with Gasteiger partial charge in [0.25, 0.3) is 0 Å². The molecule has 0 bridgehead atoms. The van der Waals surface area contributed by atoms with Crippen molar-refractivity contribution >= 4 is 34.0 Å². The van der Waals surface area contributed by atoms with Crippen LogP contribution in [-0.2, 0) is 0 Å². The van der Waals surface area contributed by atoms with Gasteiger partial charge >= 0.3 is 0 Å². The maximum Gasteiger partial charge on any atom is 0.156 e. The summed E-state index contributed by atoms with van der Waals surface area (Å²) in [7, 11) is 0. The monoisotopic (exact) mass is 546 g/mol. The van der Waals surface area contributed by atoms with Gasteiger partial charge in [-0.25, -0.2) is 0 Å². The van der Waals surface area contributed by atoms with E-state index in [-0.39, 0.29) is 12.1 Å². The number of nitrogens with zero attached hydrogens (tertiary/aromatic N) is 2. The molecule has 0 spiro atoms. The van der Waals surface area contributed by atoms with Crippen molar-refractivity contribution < 1.29 is 18.9 Å². The first-order valence-corrected chi connectivity index (χ1v) is 14.1. The number of benzene rings is 5. The Bertz CT molecular complexity index is 1980. The summed E-state index contributed by atoms with van der Waals surface area (Å²) in [6.07, 6.45) is 4.06. The van der Waals surface area contributed by atoms with Crippen molar-refractivity contribution in [3.63, 3.8) is 0 Å². The van der Waals surface area contributed by atoms with Crippen LogP contribution in [0, 0.1) is 0 Å². The standard InChI is InChI=1S/C36H22N2O4/c1-5-13-27-23(9-1)37-24-10-2-6-14-28(24)40-32-18-21(17-31(39-27)35(32)37)22-19-33-36-34(20-22)42-30-16-8-4-12-26(30)38(36)25-11-3-7-15-29(25)41-33/h1-20,31,35H. The minimum Gasteiger partial charge on any atom is -0.481 e. The number of ether oxygens (including phenoxy) is 4. The van der Waals surface area contributed by atoms with Crippen molar-refractivity contribution in [3.05, 3.63) is 133 Å². The van der Waals surface area contributed by atoms with Crippen LogP contribution in [0.3, 0.4) is 0 Å². The lowest BCUT2D eigenvalue weighted by atomic mass is 9.89. The Morgan fingerprint density at radius 1 is 0.524 bits per heavy atom. The average molecular weight is 547 g/mol. The molecule has 1 aliphatic carbocycles. The molecule has 5 aliphatic rings. The molecule has 0 radical (unpaired) electrons. The molecule has 2 atom stereocenters. The minimum absolute atomic E-state index is 0.115. The van der Waals surface area contributed by atoms with Gasteiger partial charge in [0.1, 0.15) is 29.3 Å². The second-order valence-corrected chi connectivity index (χ2v) is 10.9. The maximum atomic E-state index is 6.62. The van der Waals surface area contributed by atoms with Crippen molar-refractivity contribution in [2.45, 2.75) is 12.1 Å². The second kappa shape index (κ2) is 7.98. The van der Waals surface area contributed by atoms with Crippen molar-refractivity contribution in [1.82, 2.24) is 0 Å². The number of hydrogen-bond acceptors (Lipinski definition) is 6. The number of rotatable bonds is 1. The van der Waals surface area contributed by atoms with Crippen molar-refractivity contribution in [2.24, 2.45) is 0 Å². The van der Waals surface area contributed by atoms with Crippen molar-refractivity contribution in [3.8, 4) is 34.5 Å². The second-order valence-electron chi connectivity index (χ2n) is 10.9. The highest BCUT2D eigenvalue weighted by Crippen LogP contribution is 2.60. The zero-order valence-electron chi connectivity index (χ0n) is 22.2. The molecule has 42 heavy (non-hydrogen) atoms. The predicted molar refractivity (Wildman–Crippen MR) is 161 cm³/mol. The first kappa shape index (κ1) is 22.1. The molecule has 4 heterocycles. The molecule has 2 unspecified atom stereocenters. The molecular weight excluding hydrogens is 524 g/mol. The van der Waals surface area contributed by atoms with Crippen LogP contribution >= 0.6 is 0 Å². The number of para-hydroxylation sites is 8. The highest BCUT2D eigenvalue weighted by molar-refractivity contribution is 5.95. The van der Waals surface area contributed by atoms with E-state index >= 15 is 0 Å². The normalized spacial score (nSPS) is 19.4. The molecule has 0 saturated heterocycles. The molecule has 0 amide bonds. The smallest absolute Gasteiger partial charge is 0.156 e. The zero-order chi connectivity index (χ0) is 27.4. The van der Waals surface area contributed by atoms with Gasteiger partial charge in [-0.05, 0) is 84.0 Å². The van der Waals surface area contributed by atoms with Crippen LogP contribution in [0.4, 0.5) is 28.4 Å². The van der Waals surface area contributed by atoms with Gasteiger partial charge in [-0.3, -0.25) is 4.90 Å². The van der Waals surface area contributed by atoms with Gasteiger partial charge in [0, 0.05) is 0 Å². The number of fused-ring (bicyclic) bond motifs is 8. The van der Waals surface area contributed by atoms with Crippen LogP contribution in [0.15, 0.2) is 127 Å². The molecule has 0 N–H and O–H groups in total. The Morgan fingerprint density at radius 2 is 1.05 bits per heavy atom. The van der Waals surface area contributed by atoms with E-state index < -0.39 is 0 Å². The number of allylic oxidation sites excluding steroid dienone is 2. The third kappa shape index (κ3) is 2.93. The topological polar surface area (TPSA) is 43.4 Å². The van der Waals surface area contributed by atoms with Gasteiger partial charge in [-0.2, -0.15) is 0 Å². The van der Waals surface area contributed by atoms with E-state index in [0.29, 0.717) is 0 Å². The molecule has 0 aromatic heterocycles. The SMILES string of the molecule is C1=C(c2cc3c4c(c2)Oc2ccccc2N4c2ccccc2O3)C=C2Oc3ccccc3N3c4ccccc4OC1C23. The lowest BCUT2D eigenvalue weighted by molar-refractivity contribution is 0.183. The highest BCUT2D eigenvalue weighted by Gasteiger charge is 2.45. The van der Waals surface area contributed by atoms with Crippen molar-refractivity contribution in [2.75, 3.05) is 9.80 Å². The number of hydrogen-bond donors (Lipinski definition) is 0. The largest absolute Gasteiger partial charge is 0.481 e. The molecular formula is C36H22N2O4. The summed E-state index contributed by atoms with van der Waals surface area (Å²) in [5, 5.41) is 0. The van der Waals surface area contributed by atoms with E-state index in [0.717, 1.165) is 79.8 Å². The third-order valence-corrected chi connectivity index (χ3v) is 8.51. The van der Waals surface area contributed by atoms with Crippen LogP contribution in [-0.4, -0.2) is 12.1 Å². The fourth-order valence-corrected chi connectivity index (χ4v) is 6.75. The average Bonchev–Trinajstić information content (AvgIpc) is 3.04. The van der Waals surface area contributed by atoms with Gasteiger partial charge < -0.3 is 23.8 Å². The van der Waals surface area contributed by atoms with Gasteiger partial charge in [0.05, 0.1) is 22.7 Å². The maximum absolute atomic E-state index is 6.62.